The summed E-state index contributed by atoms with van der Waals surface area (Å²) in [6, 6.07) is 10.7. The van der Waals surface area contributed by atoms with Gasteiger partial charge in [-0.2, -0.15) is 0 Å². The van der Waals surface area contributed by atoms with Gasteiger partial charge in [0.2, 0.25) is 0 Å². The molecule has 0 radical (unpaired) electrons. The molecule has 1 aliphatic heterocycles. The summed E-state index contributed by atoms with van der Waals surface area (Å²) in [7, 11) is 0. The number of guanidine groups is 1. The number of morpholine rings is 1. The van der Waals surface area contributed by atoms with Crippen molar-refractivity contribution >= 4 is 11.8 Å². The Morgan fingerprint density at radius 1 is 1.24 bits per heavy atom. The molecule has 6 heteroatoms. The van der Waals surface area contributed by atoms with E-state index < -0.39 is 0 Å². The van der Waals surface area contributed by atoms with Gasteiger partial charge in [-0.3, -0.25) is 0 Å². The summed E-state index contributed by atoms with van der Waals surface area (Å²) in [6.07, 6.45) is 2.17. The van der Waals surface area contributed by atoms with E-state index in [4.69, 9.17) is 9.73 Å². The van der Waals surface area contributed by atoms with Gasteiger partial charge in [0.1, 0.15) is 5.82 Å². The molecule has 0 bridgehead atoms. The zero-order chi connectivity index (χ0) is 20.6. The summed E-state index contributed by atoms with van der Waals surface area (Å²) in [5.41, 5.74) is 4.96. The Kier molecular flexibility index (Phi) is 7.47. The molecule has 1 aliphatic rings. The van der Waals surface area contributed by atoms with Crippen molar-refractivity contribution in [2.45, 2.75) is 46.9 Å². The number of ether oxygens (including phenoxy) is 1. The number of benzene rings is 1. The Hall–Kier alpha value is -2.60. The van der Waals surface area contributed by atoms with Crippen molar-refractivity contribution in [2.75, 3.05) is 31.1 Å². The van der Waals surface area contributed by atoms with Crippen LogP contribution in [0.1, 0.15) is 36.1 Å². The molecule has 2 aromatic rings. The van der Waals surface area contributed by atoms with Crippen molar-refractivity contribution in [2.24, 2.45) is 4.99 Å². The first-order chi connectivity index (χ1) is 14.0. The van der Waals surface area contributed by atoms with E-state index in [1.165, 1.54) is 16.7 Å². The van der Waals surface area contributed by atoms with Crippen LogP contribution in [0.5, 0.6) is 0 Å². The van der Waals surface area contributed by atoms with E-state index in [0.717, 1.165) is 50.1 Å². The topological polar surface area (TPSA) is 61.8 Å². The molecule has 2 heterocycles. The quantitative estimate of drug-likeness (QED) is 0.581. The molecule has 1 fully saturated rings. The molecule has 1 saturated heterocycles. The van der Waals surface area contributed by atoms with Crippen LogP contribution in [0.2, 0.25) is 0 Å². The van der Waals surface area contributed by atoms with E-state index in [0.29, 0.717) is 6.54 Å². The number of nitrogens with one attached hydrogen (secondary N) is 2. The van der Waals surface area contributed by atoms with Crippen LogP contribution in [-0.4, -0.2) is 43.3 Å². The summed E-state index contributed by atoms with van der Waals surface area (Å²) in [5, 5.41) is 6.75. The molecule has 0 saturated carbocycles. The van der Waals surface area contributed by atoms with Gasteiger partial charge in [-0.25, -0.2) is 9.98 Å². The van der Waals surface area contributed by atoms with Crippen LogP contribution in [0.4, 0.5) is 5.82 Å². The molecule has 2 N–H and O–H groups in total. The van der Waals surface area contributed by atoms with E-state index in [-0.39, 0.29) is 6.10 Å². The van der Waals surface area contributed by atoms with Crippen molar-refractivity contribution in [1.29, 1.82) is 0 Å². The highest BCUT2D eigenvalue weighted by Crippen LogP contribution is 2.16. The monoisotopic (exact) mass is 395 g/mol. The lowest BCUT2D eigenvalue weighted by Gasteiger charge is -2.32. The maximum atomic E-state index is 5.61. The molecule has 0 aliphatic carbocycles. The first kappa shape index (κ1) is 21.1. The largest absolute Gasteiger partial charge is 0.375 e. The van der Waals surface area contributed by atoms with Gasteiger partial charge in [0.25, 0.3) is 0 Å². The Labute approximate surface area is 174 Å². The van der Waals surface area contributed by atoms with Crippen LogP contribution in [0.3, 0.4) is 0 Å². The van der Waals surface area contributed by atoms with Gasteiger partial charge in [0.05, 0.1) is 19.3 Å². The first-order valence-electron chi connectivity index (χ1n) is 10.4. The number of hydrogen-bond donors (Lipinski definition) is 2. The van der Waals surface area contributed by atoms with Crippen LogP contribution in [0, 0.1) is 13.8 Å². The average molecular weight is 396 g/mol. The molecule has 0 spiro atoms. The van der Waals surface area contributed by atoms with Gasteiger partial charge in [-0.05, 0) is 50.5 Å². The van der Waals surface area contributed by atoms with Crippen molar-refractivity contribution in [3.05, 3.63) is 58.8 Å². The second kappa shape index (κ2) is 10.3. The third-order valence-electron chi connectivity index (χ3n) is 5.08. The van der Waals surface area contributed by atoms with E-state index in [1.54, 1.807) is 0 Å². The van der Waals surface area contributed by atoms with E-state index in [2.05, 4.69) is 78.5 Å². The lowest BCUT2D eigenvalue weighted by Crippen LogP contribution is -2.41. The van der Waals surface area contributed by atoms with Gasteiger partial charge in [0.15, 0.2) is 5.96 Å². The summed E-state index contributed by atoms with van der Waals surface area (Å²) < 4.78 is 5.61. The Morgan fingerprint density at radius 3 is 2.79 bits per heavy atom. The van der Waals surface area contributed by atoms with Crippen LogP contribution >= 0.6 is 0 Å². The van der Waals surface area contributed by atoms with Crippen LogP contribution in [0.25, 0.3) is 0 Å². The molecule has 0 amide bonds. The molecule has 29 heavy (non-hydrogen) atoms. The molecule has 156 valence electrons. The second-order valence-electron chi connectivity index (χ2n) is 7.63. The maximum Gasteiger partial charge on any atom is 0.191 e. The number of nitrogens with zero attached hydrogens (tertiary/aromatic N) is 3. The van der Waals surface area contributed by atoms with Gasteiger partial charge in [-0.1, -0.05) is 29.8 Å². The first-order valence-corrected chi connectivity index (χ1v) is 10.4. The Morgan fingerprint density at radius 2 is 2.10 bits per heavy atom. The Bertz CT molecular complexity index is 819. The number of anilines is 1. The molecule has 1 atom stereocenters. The summed E-state index contributed by atoms with van der Waals surface area (Å²) in [6.45, 7) is 13.2. The second-order valence-corrected chi connectivity index (χ2v) is 7.63. The Balaban J connectivity index is 1.59. The standard InChI is InChI=1S/C23H33N5O/c1-5-24-23(27-15-21-8-6-17(2)12-18(21)3)26-14-20-7-9-22(25-13-20)28-10-11-29-19(4)16-28/h6-9,12-13,19H,5,10-11,14-16H2,1-4H3,(H2,24,26,27). The smallest absolute Gasteiger partial charge is 0.191 e. The minimum atomic E-state index is 0.251. The minimum Gasteiger partial charge on any atom is -0.375 e. The fourth-order valence-corrected chi connectivity index (χ4v) is 3.46. The summed E-state index contributed by atoms with van der Waals surface area (Å²) >= 11 is 0. The zero-order valence-electron chi connectivity index (χ0n) is 18.0. The highest BCUT2D eigenvalue weighted by Gasteiger charge is 2.17. The molecule has 6 nitrogen and oxygen atoms in total. The summed E-state index contributed by atoms with van der Waals surface area (Å²) in [5.74, 6) is 1.83. The number of aryl methyl sites for hydroxylation is 2. The van der Waals surface area contributed by atoms with Crippen LogP contribution in [0.15, 0.2) is 41.5 Å². The lowest BCUT2D eigenvalue weighted by molar-refractivity contribution is 0.0529. The van der Waals surface area contributed by atoms with Crippen molar-refractivity contribution in [3.8, 4) is 0 Å². The van der Waals surface area contributed by atoms with Gasteiger partial charge in [-0.15, -0.1) is 0 Å². The number of rotatable bonds is 6. The van der Waals surface area contributed by atoms with E-state index in [1.807, 2.05) is 6.20 Å². The molecular weight excluding hydrogens is 362 g/mol. The molecule has 1 unspecified atom stereocenters. The summed E-state index contributed by atoms with van der Waals surface area (Å²) in [4.78, 5) is 11.6. The fraction of sp³-hybridized carbons (Fsp3) is 0.478. The minimum absolute atomic E-state index is 0.251. The maximum absolute atomic E-state index is 5.61. The third-order valence-corrected chi connectivity index (χ3v) is 5.08. The number of pyridine rings is 1. The molecule has 3 rings (SSSR count). The van der Waals surface area contributed by atoms with Gasteiger partial charge in [0, 0.05) is 32.4 Å². The molecule has 1 aromatic heterocycles. The van der Waals surface area contributed by atoms with E-state index >= 15 is 0 Å². The SMILES string of the molecule is CCNC(=NCc1ccc(N2CCOC(C)C2)nc1)NCc1ccc(C)cc1C. The van der Waals surface area contributed by atoms with Crippen LogP contribution < -0.4 is 15.5 Å². The highest BCUT2D eigenvalue weighted by atomic mass is 16.5. The van der Waals surface area contributed by atoms with E-state index in [9.17, 15) is 0 Å². The fourth-order valence-electron chi connectivity index (χ4n) is 3.46. The van der Waals surface area contributed by atoms with Crippen molar-refractivity contribution < 1.29 is 4.74 Å². The highest BCUT2D eigenvalue weighted by molar-refractivity contribution is 5.79. The zero-order valence-corrected chi connectivity index (χ0v) is 18.0. The predicted molar refractivity (Wildman–Crippen MR) is 119 cm³/mol. The predicted octanol–water partition coefficient (Wildman–Crippen LogP) is 3.18. The lowest BCUT2D eigenvalue weighted by atomic mass is 10.1. The van der Waals surface area contributed by atoms with Gasteiger partial charge < -0.3 is 20.3 Å². The average Bonchev–Trinajstić information content (AvgIpc) is 2.71. The normalized spacial score (nSPS) is 17.3. The van der Waals surface area contributed by atoms with Crippen molar-refractivity contribution in [1.82, 2.24) is 15.6 Å². The number of hydrogen-bond acceptors (Lipinski definition) is 4. The molecule has 1 aromatic carbocycles. The number of aromatic nitrogens is 1. The van der Waals surface area contributed by atoms with Crippen molar-refractivity contribution in [3.63, 3.8) is 0 Å². The molecular formula is C23H33N5O. The van der Waals surface area contributed by atoms with Gasteiger partial charge >= 0.3 is 0 Å². The van der Waals surface area contributed by atoms with Crippen LogP contribution in [-0.2, 0) is 17.8 Å². The number of aliphatic imine (C=N–C) groups is 1. The third kappa shape index (κ3) is 6.19.